The number of esters is 2. The van der Waals surface area contributed by atoms with E-state index in [9.17, 15) is 55.2 Å². The molecule has 4 fully saturated rings. The molecule has 8 atom stereocenters. The number of methoxy groups -OCH3 is 4. The summed E-state index contributed by atoms with van der Waals surface area (Å²) in [4.78, 5) is 128. The number of carbonyl (C=O) groups is 8. The van der Waals surface area contributed by atoms with E-state index in [1.165, 1.54) is 65.2 Å². The number of alkyl carbamates (subject to hydrolysis) is 2. The largest absolute Gasteiger partial charge is 0.469 e. The number of piperidine rings is 1. The van der Waals surface area contributed by atoms with E-state index in [1.807, 2.05) is 156 Å². The van der Waals surface area contributed by atoms with Crippen LogP contribution in [0.3, 0.4) is 0 Å². The summed E-state index contributed by atoms with van der Waals surface area (Å²) in [5, 5.41) is 5.44. The smallest absolute Gasteiger partial charge is 0.407 e. The summed E-state index contributed by atoms with van der Waals surface area (Å²) in [5.41, 5.74) is 12.5. The Kier molecular flexibility index (Phi) is 41.0. The molecule has 8 heterocycles. The third-order valence-electron chi connectivity index (χ3n) is 26.4. The molecular weight excluding hydrogens is 1920 g/mol. The van der Waals surface area contributed by atoms with Gasteiger partial charge in [-0.3, -0.25) is 28.8 Å². The maximum absolute atomic E-state index is 14.3. The van der Waals surface area contributed by atoms with Gasteiger partial charge in [0, 0.05) is 154 Å². The Bertz CT molecular complexity index is 6030. The highest BCUT2D eigenvalue weighted by Gasteiger charge is 2.45. The molecule has 0 aliphatic carbocycles. The lowest BCUT2D eigenvalue weighted by Crippen LogP contribution is -2.56. The Morgan fingerprint density at radius 3 is 1.37 bits per heavy atom. The molecule has 33 nitrogen and oxygen atoms in total. The second-order valence-electron chi connectivity index (χ2n) is 40.9. The molecule has 143 heavy (non-hydrogen) atoms. The normalized spacial score (nSPS) is 17.2. The predicted octanol–water partition coefficient (Wildman–Crippen LogP) is 16.4. The second-order valence-corrected chi connectivity index (χ2v) is 57.0. The van der Waals surface area contributed by atoms with E-state index in [0.29, 0.717) is 57.8 Å². The van der Waals surface area contributed by atoms with Crippen molar-refractivity contribution in [1.82, 2.24) is 72.2 Å². The van der Waals surface area contributed by atoms with Gasteiger partial charge in [-0.25, -0.2) is 19.6 Å². The van der Waals surface area contributed by atoms with Gasteiger partial charge in [0.2, 0.25) is 23.6 Å². The minimum atomic E-state index is -3.75. The Labute approximate surface area is 851 Å². The molecule has 38 heteroatoms. The number of nitrogens with one attached hydrogen (secondary N) is 4. The van der Waals surface area contributed by atoms with Crippen molar-refractivity contribution in [2.24, 2.45) is 35.5 Å². The van der Waals surface area contributed by atoms with Crippen LogP contribution in [0.25, 0.3) is 44.8 Å². The van der Waals surface area contributed by atoms with Gasteiger partial charge in [0.05, 0.1) is 101 Å². The first-order valence-electron chi connectivity index (χ1n) is 49.1. The third-order valence-corrected chi connectivity index (χ3v) is 33.4. The SMILES string of the molecule is CN(C)S(=O)(=O)Cl.COC(=O)C[C@H](C(=O)N1CCCC[C@H]1c1cc(-c2ccc(C#Cc3ccc(-c4cnc([C@@H]5CCCN5C(=O)[C@@H](NC(=O)OC)C(C)C)n4COCC[Si](C)(C)C)cc3)cc2)cn1COCC[Si](C)(C)C)C(C)C.COC(=O)C[C@H](C(=O)N1CCN(S(=O)(=O)N(C)C)C[C@H]1c1cc(-c2ccc(C#Cc3ccc(-c4cnc([C@@H]5CCCN5C(=O)[C@@H](NC(=O)OC)C(C)C)[nH]4)cc3)cc2)c[nH]1)C(C)C. The molecule has 0 bridgehead atoms. The molecule has 4 aromatic heterocycles. The Balaban J connectivity index is 0.000000278. The first-order valence-corrected chi connectivity index (χ1v) is 60.2. The summed E-state index contributed by atoms with van der Waals surface area (Å²) in [7, 11) is 5.89. The minimum Gasteiger partial charge on any atom is -0.469 e. The average molecular weight is 2060 g/mol. The van der Waals surface area contributed by atoms with Gasteiger partial charge in [0.1, 0.15) is 37.2 Å². The number of benzene rings is 4. The van der Waals surface area contributed by atoms with Crippen molar-refractivity contribution < 1.29 is 83.6 Å². The summed E-state index contributed by atoms with van der Waals surface area (Å²) in [6.45, 7) is 33.5. The first kappa shape index (κ1) is 114. The highest BCUT2D eigenvalue weighted by molar-refractivity contribution is 8.11. The van der Waals surface area contributed by atoms with E-state index in [0.717, 1.165) is 140 Å². The summed E-state index contributed by atoms with van der Waals surface area (Å²) in [5.74, 6) is 11.8. The van der Waals surface area contributed by atoms with E-state index in [1.54, 1.807) is 16.0 Å². The van der Waals surface area contributed by atoms with Gasteiger partial charge in [0.15, 0.2) is 0 Å². The number of piperazine rings is 1. The van der Waals surface area contributed by atoms with Gasteiger partial charge in [-0.1, -0.05) is 167 Å². The number of aromatic nitrogens is 6. The highest BCUT2D eigenvalue weighted by atomic mass is 35.7. The molecule has 0 saturated carbocycles. The molecule has 12 rings (SSSR count). The molecule has 4 aliphatic heterocycles. The molecule has 4 saturated heterocycles. The first-order chi connectivity index (χ1) is 67.6. The van der Waals surface area contributed by atoms with Gasteiger partial charge in [-0.05, 0) is 175 Å². The van der Waals surface area contributed by atoms with Crippen LogP contribution >= 0.6 is 10.7 Å². The molecule has 0 spiro atoms. The zero-order chi connectivity index (χ0) is 105. The van der Waals surface area contributed by atoms with Gasteiger partial charge in [-0.2, -0.15) is 29.8 Å². The number of aromatic amines is 2. The van der Waals surface area contributed by atoms with E-state index in [-0.39, 0.29) is 104 Å². The number of carbonyl (C=O) groups excluding carboxylic acids is 8. The molecule has 0 radical (unpaired) electrons. The van der Waals surface area contributed by atoms with E-state index in [2.05, 4.69) is 134 Å². The Hall–Kier alpha value is -11.2. The van der Waals surface area contributed by atoms with Crippen molar-refractivity contribution in [2.75, 3.05) is 109 Å². The fraction of sp³-hybridized carbons (Fsp3) is 0.524. The molecule has 8 aromatic rings. The standard InChI is InChI=1S/C57H82N6O8Si2.C46H58N8O8S.C2H6ClNO2S/c1-40(2)47(35-52(64)68-5)55(65)61-28-14-13-16-48(61)50-34-46(37-60(50)38-70-30-32-72(7,8)9)44-24-20-42(21-25-44)18-19-43-22-26-45(27-23-43)51-36-58-54(63(51)39-71-31-33-73(10,11)12)49-17-15-29-62(49)56(66)53(41(3)4)59-57(67)69-6;1-29(2)36(25-41(55)61-7)44(56)54-23-22-52(63(59,60)51(5)6)28-40(54)37-24-35(26-47-37)33-17-13-31(14-18-33)11-12-32-15-19-34(20-16-32)38-27-48-43(49-38)39-10-9-21-53(39)45(57)42(30(3)4)50-46(58)62-8;1-4(2)7(3,5)6/h20-27,34,36-37,40-41,47-49,53H,13-17,28-33,35,38-39H2,1-12H3,(H,59,67);13-20,24,26-27,29-30,36,39-40,42,47H,9-10,21-23,25,28H2,1-8H3,(H,48,49)(H,50,58);1-2H3/t47-,48-,49-,53-;36-,39-,40-,42-;/m00./s1. The van der Waals surface area contributed by atoms with Crippen LogP contribution in [0.2, 0.25) is 51.4 Å². The summed E-state index contributed by atoms with van der Waals surface area (Å²) >= 11 is 0. The predicted molar refractivity (Wildman–Crippen MR) is 559 cm³/mol. The summed E-state index contributed by atoms with van der Waals surface area (Å²) in [6, 6.07) is 35.6. The van der Waals surface area contributed by atoms with Crippen LogP contribution in [0.1, 0.15) is 183 Å². The lowest BCUT2D eigenvalue weighted by Gasteiger charge is -2.42. The van der Waals surface area contributed by atoms with Crippen molar-refractivity contribution in [2.45, 2.75) is 214 Å². The van der Waals surface area contributed by atoms with Crippen LogP contribution < -0.4 is 10.6 Å². The number of nitrogens with zero attached hydrogens (tertiary/aromatic N) is 11. The second kappa shape index (κ2) is 51.5. The Morgan fingerprint density at radius 2 is 0.916 bits per heavy atom. The quantitative estimate of drug-likeness (QED) is 0.00716. The zero-order valence-electron chi connectivity index (χ0n) is 86.9. The number of rotatable bonds is 35. The molecule has 6 amide bonds. The highest BCUT2D eigenvalue weighted by Crippen LogP contribution is 2.41. The number of halogens is 1. The van der Waals surface area contributed by atoms with Gasteiger partial charge < -0.3 is 77.8 Å². The third kappa shape index (κ3) is 31.2. The number of imidazole rings is 2. The van der Waals surface area contributed by atoms with Crippen molar-refractivity contribution in [3.63, 3.8) is 0 Å². The lowest BCUT2D eigenvalue weighted by atomic mass is 9.88. The number of hydrogen-bond donors (Lipinski definition) is 4. The van der Waals surface area contributed by atoms with Gasteiger partial charge in [-0.15, -0.1) is 0 Å². The maximum Gasteiger partial charge on any atom is 0.407 e. The molecule has 4 N–H and O–H groups in total. The van der Waals surface area contributed by atoms with Crippen LogP contribution in [-0.4, -0.2) is 264 Å². The van der Waals surface area contributed by atoms with Crippen LogP contribution in [0.4, 0.5) is 9.59 Å². The monoisotopic (exact) mass is 2060 g/mol. The number of likely N-dealkylation sites (tertiary alicyclic amines) is 3. The van der Waals surface area contributed by atoms with Crippen LogP contribution in [0.5, 0.6) is 0 Å². The van der Waals surface area contributed by atoms with Crippen LogP contribution in [0.15, 0.2) is 134 Å². The van der Waals surface area contributed by atoms with Gasteiger partial charge in [0.25, 0.3) is 19.4 Å². The summed E-state index contributed by atoms with van der Waals surface area (Å²) < 4.78 is 86.4. The summed E-state index contributed by atoms with van der Waals surface area (Å²) in [6.07, 6.45) is 12.3. The van der Waals surface area contributed by atoms with Crippen molar-refractivity contribution in [3.8, 4) is 68.5 Å². The number of amides is 6. The minimum absolute atomic E-state index is 0.00372. The maximum atomic E-state index is 14.3. The Morgan fingerprint density at radius 1 is 0.483 bits per heavy atom. The average Bonchev–Trinajstić information content (AvgIpc) is 1.66. The van der Waals surface area contributed by atoms with E-state index >= 15 is 0 Å². The van der Waals surface area contributed by atoms with E-state index in [4.69, 9.17) is 44.1 Å². The molecule has 0 unspecified atom stereocenters. The van der Waals surface area contributed by atoms with E-state index < -0.39 is 83.7 Å². The number of hydrogen-bond acceptors (Lipinski definition) is 20. The van der Waals surface area contributed by atoms with Crippen LogP contribution in [-0.2, 0) is 90.1 Å². The lowest BCUT2D eigenvalue weighted by molar-refractivity contribution is -0.150. The topological polar surface area (TPSA) is 374 Å². The molecule has 4 aliphatic rings. The van der Waals surface area contributed by atoms with Crippen molar-refractivity contribution in [3.05, 3.63) is 179 Å². The van der Waals surface area contributed by atoms with Gasteiger partial charge >= 0.3 is 24.1 Å². The molecule has 776 valence electrons. The van der Waals surface area contributed by atoms with Crippen LogP contribution in [0, 0.1) is 59.2 Å². The zero-order valence-corrected chi connectivity index (χ0v) is 91.3. The van der Waals surface area contributed by atoms with Crippen molar-refractivity contribution >= 4 is 94.0 Å². The number of ether oxygens (including phenoxy) is 6. The number of H-pyrrole nitrogens is 2. The fourth-order valence-corrected chi connectivity index (χ4v) is 20.2. The molecule has 4 aromatic carbocycles. The fourth-order valence-electron chi connectivity index (χ4n) is 17.6. The van der Waals surface area contributed by atoms with Crippen molar-refractivity contribution in [1.29, 1.82) is 0 Å². The molecular formula is C105H146ClN15O18S2Si2.